The second-order valence-corrected chi connectivity index (χ2v) is 19.6. The maximum Gasteiger partial charge on any atom is 0.187 e. The molecule has 2 heterocycles. The first kappa shape index (κ1) is 42.6. The van der Waals surface area contributed by atoms with Crippen LogP contribution in [-0.4, -0.2) is 127 Å². The molecule has 4 aliphatic carbocycles. The van der Waals surface area contributed by atoms with E-state index in [9.17, 15) is 40.9 Å². The number of rotatable bonds is 8. The molecule has 310 valence electrons. The molecule has 6 aliphatic rings. The normalized spacial score (nSPS) is 53.3. The monoisotopic (exact) mass is 766 g/mol. The lowest BCUT2D eigenvalue weighted by atomic mass is 9.34. The first-order chi connectivity index (χ1) is 25.1. The third-order valence-electron chi connectivity index (χ3n) is 16.0. The van der Waals surface area contributed by atoms with Gasteiger partial charge in [-0.2, -0.15) is 0 Å². The Bertz CT molecular complexity index is 1400. The SMILES string of the molecule is CC(C)=CCC=C(C)[C@H]1CC[C@]2(C)[C@@H]1[C@H](O)CC1[C@@]3(C)CC[C@H](O)C(C)(C)[C@@H]3[C@@H](O[C@@H]3O[C@H](CO)[C@@H](O)[C@H](O)[C@H]3O[C@@H]3O[C@@H](C)[C@H](O)[C@@H](O)[C@H]3O)C[C@]12C. The van der Waals surface area contributed by atoms with E-state index in [0.29, 0.717) is 19.3 Å². The van der Waals surface area contributed by atoms with E-state index in [2.05, 4.69) is 67.5 Å². The zero-order valence-electron chi connectivity index (χ0n) is 33.8. The average Bonchev–Trinajstić information content (AvgIpc) is 3.48. The molecule has 2 saturated heterocycles. The number of aliphatic hydroxyl groups excluding tert-OH is 8. The molecule has 0 bridgehead atoms. The van der Waals surface area contributed by atoms with Crippen LogP contribution in [0.3, 0.4) is 0 Å². The maximum absolute atomic E-state index is 12.2. The van der Waals surface area contributed by atoms with Crippen molar-refractivity contribution in [2.75, 3.05) is 6.61 Å². The quantitative estimate of drug-likeness (QED) is 0.133. The predicted octanol–water partition coefficient (Wildman–Crippen LogP) is 2.95. The molecule has 20 atom stereocenters. The number of aliphatic hydroxyl groups is 8. The molecule has 4 saturated carbocycles. The Labute approximate surface area is 321 Å². The Kier molecular flexibility index (Phi) is 12.1. The van der Waals surface area contributed by atoms with E-state index in [-0.39, 0.29) is 39.9 Å². The maximum atomic E-state index is 12.2. The number of hydrogen-bond acceptors (Lipinski definition) is 12. The molecule has 0 amide bonds. The van der Waals surface area contributed by atoms with Crippen molar-refractivity contribution in [1.29, 1.82) is 0 Å². The van der Waals surface area contributed by atoms with E-state index in [1.165, 1.54) is 18.1 Å². The lowest BCUT2D eigenvalue weighted by Crippen LogP contribution is -2.71. The number of hydrogen-bond donors (Lipinski definition) is 8. The molecule has 0 spiro atoms. The van der Waals surface area contributed by atoms with Crippen LogP contribution in [0.15, 0.2) is 23.3 Å². The van der Waals surface area contributed by atoms with Gasteiger partial charge in [0.05, 0.1) is 31.0 Å². The molecule has 54 heavy (non-hydrogen) atoms. The minimum atomic E-state index is -1.68. The molecule has 6 rings (SSSR count). The van der Waals surface area contributed by atoms with Gasteiger partial charge in [-0.25, -0.2) is 0 Å². The van der Waals surface area contributed by atoms with Crippen LogP contribution in [0.1, 0.15) is 107 Å². The molecule has 0 aromatic rings. The zero-order valence-corrected chi connectivity index (χ0v) is 33.8. The summed E-state index contributed by atoms with van der Waals surface area (Å²) in [6, 6.07) is 0. The van der Waals surface area contributed by atoms with Crippen molar-refractivity contribution in [1.82, 2.24) is 0 Å². The van der Waals surface area contributed by atoms with Gasteiger partial charge in [0, 0.05) is 0 Å². The number of allylic oxidation sites excluding steroid dienone is 4. The van der Waals surface area contributed by atoms with Gasteiger partial charge < -0.3 is 59.8 Å². The van der Waals surface area contributed by atoms with Crippen LogP contribution in [-0.2, 0) is 18.9 Å². The number of fused-ring (bicyclic) bond motifs is 5. The van der Waals surface area contributed by atoms with Gasteiger partial charge in [-0.1, -0.05) is 57.9 Å². The van der Waals surface area contributed by atoms with Crippen LogP contribution in [0, 0.1) is 45.3 Å². The Morgan fingerprint density at radius 3 is 2.09 bits per heavy atom. The van der Waals surface area contributed by atoms with E-state index < -0.39 is 91.7 Å². The average molecular weight is 767 g/mol. The third-order valence-corrected chi connectivity index (χ3v) is 16.0. The smallest absolute Gasteiger partial charge is 0.187 e. The van der Waals surface area contributed by atoms with E-state index in [4.69, 9.17) is 18.9 Å². The Hall–Kier alpha value is -1.00. The summed E-state index contributed by atoms with van der Waals surface area (Å²) in [6.45, 7) is 18.5. The van der Waals surface area contributed by atoms with E-state index in [1.54, 1.807) is 0 Å². The van der Waals surface area contributed by atoms with Crippen molar-refractivity contribution in [2.24, 2.45) is 45.3 Å². The van der Waals surface area contributed by atoms with Crippen LogP contribution < -0.4 is 0 Å². The van der Waals surface area contributed by atoms with Crippen molar-refractivity contribution in [2.45, 2.75) is 187 Å². The lowest BCUT2D eigenvalue weighted by Gasteiger charge is -2.72. The molecule has 0 radical (unpaired) electrons. The molecular formula is C42H70O12. The summed E-state index contributed by atoms with van der Waals surface area (Å²) in [4.78, 5) is 0. The van der Waals surface area contributed by atoms with Gasteiger partial charge in [0.2, 0.25) is 0 Å². The Balaban J connectivity index is 1.39. The van der Waals surface area contributed by atoms with Gasteiger partial charge in [0.1, 0.15) is 42.7 Å². The van der Waals surface area contributed by atoms with Crippen LogP contribution in [0.25, 0.3) is 0 Å². The van der Waals surface area contributed by atoms with E-state index >= 15 is 0 Å². The number of ether oxygens (including phenoxy) is 4. The molecule has 0 aromatic carbocycles. The summed E-state index contributed by atoms with van der Waals surface area (Å²) in [5.41, 5.74) is 1.01. The summed E-state index contributed by atoms with van der Waals surface area (Å²) < 4.78 is 25.2. The fraction of sp³-hybridized carbons (Fsp3) is 0.905. The van der Waals surface area contributed by atoms with Crippen LogP contribution >= 0.6 is 0 Å². The molecule has 6 fully saturated rings. The molecule has 2 aliphatic heterocycles. The van der Waals surface area contributed by atoms with Gasteiger partial charge in [-0.05, 0) is 118 Å². The Morgan fingerprint density at radius 2 is 1.44 bits per heavy atom. The largest absolute Gasteiger partial charge is 0.394 e. The second-order valence-electron chi connectivity index (χ2n) is 19.6. The van der Waals surface area contributed by atoms with Crippen molar-refractivity contribution in [3.8, 4) is 0 Å². The minimum Gasteiger partial charge on any atom is -0.394 e. The summed E-state index contributed by atoms with van der Waals surface area (Å²) in [7, 11) is 0. The summed E-state index contributed by atoms with van der Waals surface area (Å²) in [6.07, 6.45) is -6.05. The fourth-order valence-corrected chi connectivity index (χ4v) is 12.9. The highest BCUT2D eigenvalue weighted by atomic mass is 16.8. The highest BCUT2D eigenvalue weighted by Gasteiger charge is 2.73. The van der Waals surface area contributed by atoms with Gasteiger partial charge in [-0.15, -0.1) is 0 Å². The van der Waals surface area contributed by atoms with Crippen molar-refractivity contribution in [3.05, 3.63) is 23.3 Å². The lowest BCUT2D eigenvalue weighted by molar-refractivity contribution is -0.381. The minimum absolute atomic E-state index is 0.0381. The highest BCUT2D eigenvalue weighted by Crippen LogP contribution is 2.76. The van der Waals surface area contributed by atoms with Gasteiger partial charge in [-0.3, -0.25) is 0 Å². The highest BCUT2D eigenvalue weighted by molar-refractivity contribution is 5.24. The van der Waals surface area contributed by atoms with E-state index in [0.717, 1.165) is 25.7 Å². The Morgan fingerprint density at radius 1 is 0.759 bits per heavy atom. The third kappa shape index (κ3) is 6.79. The molecule has 8 N–H and O–H groups in total. The summed E-state index contributed by atoms with van der Waals surface area (Å²) in [5, 5.41) is 88.2. The second kappa shape index (κ2) is 15.3. The van der Waals surface area contributed by atoms with E-state index in [1.807, 2.05) is 0 Å². The van der Waals surface area contributed by atoms with Crippen LogP contribution in [0.4, 0.5) is 0 Å². The van der Waals surface area contributed by atoms with Crippen molar-refractivity contribution >= 4 is 0 Å². The molecule has 0 aromatic heterocycles. The van der Waals surface area contributed by atoms with Gasteiger partial charge in [0.15, 0.2) is 12.6 Å². The van der Waals surface area contributed by atoms with Crippen LogP contribution in [0.2, 0.25) is 0 Å². The summed E-state index contributed by atoms with van der Waals surface area (Å²) in [5.74, 6) is 0.165. The van der Waals surface area contributed by atoms with Crippen molar-refractivity contribution < 1.29 is 59.8 Å². The van der Waals surface area contributed by atoms with Gasteiger partial charge >= 0.3 is 0 Å². The zero-order chi connectivity index (χ0) is 39.9. The standard InChI is InChI=1S/C42H70O12/c1-20(2)11-10-12-21(3)23-13-16-41(8)29(23)24(44)17-27-40(7)15-14-28(45)39(5,6)36(40)25(18-42(27,41)9)52-38-35(33(49)31(47)26(19-43)53-38)54-37-34(50)32(48)30(46)22(4)51-37/h11-12,22-38,43-50H,10,13-19H2,1-9H3/t22-,23+,24+,25-,26+,27?,28-,29-,30-,31+,32+,33-,34+,35+,36-,37-,38+,40+,41+,42+/m0/s1. The summed E-state index contributed by atoms with van der Waals surface area (Å²) >= 11 is 0. The van der Waals surface area contributed by atoms with Crippen LogP contribution in [0.5, 0.6) is 0 Å². The fourth-order valence-electron chi connectivity index (χ4n) is 12.9. The molecule has 12 nitrogen and oxygen atoms in total. The molecule has 12 heteroatoms. The molecular weight excluding hydrogens is 696 g/mol. The molecule has 1 unspecified atom stereocenters. The topological polar surface area (TPSA) is 199 Å². The first-order valence-electron chi connectivity index (χ1n) is 20.4. The predicted molar refractivity (Wildman–Crippen MR) is 199 cm³/mol. The first-order valence-corrected chi connectivity index (χ1v) is 20.4. The van der Waals surface area contributed by atoms with Crippen molar-refractivity contribution in [3.63, 3.8) is 0 Å². The van der Waals surface area contributed by atoms with Gasteiger partial charge in [0.25, 0.3) is 0 Å².